The summed E-state index contributed by atoms with van der Waals surface area (Å²) in [6.07, 6.45) is -0.919. The maximum Gasteiger partial charge on any atom is 0.414 e. The molecule has 0 aliphatic heterocycles. The van der Waals surface area contributed by atoms with Gasteiger partial charge in [0.05, 0.1) is 23.7 Å². The second-order valence-corrected chi connectivity index (χ2v) is 18.3. The summed E-state index contributed by atoms with van der Waals surface area (Å²) in [7, 11) is 0. The molecule has 0 radical (unpaired) electrons. The monoisotopic (exact) mass is 864 g/mol. The predicted molar refractivity (Wildman–Crippen MR) is 227 cm³/mol. The second-order valence-electron chi connectivity index (χ2n) is 17.9. The van der Waals surface area contributed by atoms with E-state index in [1.54, 1.807) is 59.7 Å². The van der Waals surface area contributed by atoms with Crippen LogP contribution in [-0.2, 0) is 45.3 Å². The van der Waals surface area contributed by atoms with Gasteiger partial charge in [-0.2, -0.15) is 19.2 Å². The molecule has 0 aliphatic carbocycles. The molecule has 0 aliphatic rings. The molecule has 15 nitrogen and oxygen atoms in total. The third-order valence-electron chi connectivity index (χ3n) is 7.80. The Balaban J connectivity index is 0.00000292. The Bertz CT molecular complexity index is 2030. The van der Waals surface area contributed by atoms with Crippen molar-refractivity contribution in [1.29, 1.82) is 0 Å². The number of nitrogens with one attached hydrogen (secondary N) is 2. The van der Waals surface area contributed by atoms with Crippen molar-refractivity contribution in [1.82, 2.24) is 15.5 Å². The molecule has 0 saturated carbocycles. The summed E-state index contributed by atoms with van der Waals surface area (Å²) in [4.78, 5) is 90.6. The van der Waals surface area contributed by atoms with E-state index in [0.717, 1.165) is 11.1 Å². The SMILES string of the molecule is CC(c1ccc(OC(=O)c2ccc(N=C(NC(=O)OC(C)(C)C)NC(=O)OC(C)(C)C)cc2)cc1Cl)N(CC(C)(C)C)C(=O)Cc1cccc(C(C)(C)C)c1.O=C=O.O=C=O. The Morgan fingerprint density at radius 2 is 1.25 bits per heavy atom. The molecule has 16 heteroatoms. The van der Waals surface area contributed by atoms with Crippen LogP contribution in [-0.4, -0.2) is 65.0 Å². The first-order valence-electron chi connectivity index (χ1n) is 19.1. The molecule has 3 aromatic carbocycles. The van der Waals surface area contributed by atoms with E-state index in [2.05, 4.69) is 69.3 Å². The lowest BCUT2D eigenvalue weighted by atomic mass is 9.86. The van der Waals surface area contributed by atoms with Gasteiger partial charge in [0.25, 0.3) is 0 Å². The smallest absolute Gasteiger partial charge is 0.414 e. The summed E-state index contributed by atoms with van der Waals surface area (Å²) >= 11 is 6.80. The first kappa shape index (κ1) is 52.9. The molecule has 1 atom stereocenters. The molecule has 0 fully saturated rings. The van der Waals surface area contributed by atoms with Crippen molar-refractivity contribution in [3.05, 3.63) is 94.0 Å². The van der Waals surface area contributed by atoms with Crippen molar-refractivity contribution in [2.75, 3.05) is 6.54 Å². The van der Waals surface area contributed by atoms with E-state index in [-0.39, 0.29) is 58.8 Å². The van der Waals surface area contributed by atoms with Gasteiger partial charge < -0.3 is 19.1 Å². The zero-order valence-electron chi connectivity index (χ0n) is 37.1. The number of alkyl carbamates (subject to hydrolysis) is 2. The highest BCUT2D eigenvalue weighted by molar-refractivity contribution is 6.31. The van der Waals surface area contributed by atoms with Crippen LogP contribution in [0.25, 0.3) is 0 Å². The second kappa shape index (κ2) is 23.0. The third kappa shape index (κ3) is 20.6. The lowest BCUT2D eigenvalue weighted by molar-refractivity contribution is -0.193. The Labute approximate surface area is 362 Å². The third-order valence-corrected chi connectivity index (χ3v) is 8.12. The normalized spacial score (nSPS) is 11.6. The lowest BCUT2D eigenvalue weighted by Gasteiger charge is -2.35. The van der Waals surface area contributed by atoms with Crippen LogP contribution in [0.15, 0.2) is 71.7 Å². The molecule has 1 unspecified atom stereocenters. The van der Waals surface area contributed by atoms with Crippen molar-refractivity contribution in [2.24, 2.45) is 10.4 Å². The van der Waals surface area contributed by atoms with Gasteiger partial charge in [0, 0.05) is 11.6 Å². The van der Waals surface area contributed by atoms with Crippen molar-refractivity contribution in [2.45, 2.75) is 119 Å². The van der Waals surface area contributed by atoms with Crippen LogP contribution in [0.4, 0.5) is 15.3 Å². The van der Waals surface area contributed by atoms with Crippen LogP contribution in [0.5, 0.6) is 5.75 Å². The number of esters is 1. The minimum Gasteiger partial charge on any atom is -0.444 e. The molecule has 2 N–H and O–H groups in total. The maximum absolute atomic E-state index is 13.9. The van der Waals surface area contributed by atoms with Gasteiger partial charge in [-0.1, -0.05) is 83.5 Å². The summed E-state index contributed by atoms with van der Waals surface area (Å²) in [5, 5.41) is 5.19. The fourth-order valence-corrected chi connectivity index (χ4v) is 5.64. The van der Waals surface area contributed by atoms with Gasteiger partial charge in [-0.05, 0) is 112 Å². The number of aliphatic imine (C=N–C) groups is 1. The molecule has 0 aromatic heterocycles. The average molecular weight is 865 g/mol. The first-order chi connectivity index (χ1) is 28.0. The van der Waals surface area contributed by atoms with Gasteiger partial charge in [0.1, 0.15) is 17.0 Å². The zero-order chi connectivity index (χ0) is 46.9. The van der Waals surface area contributed by atoms with Crippen molar-refractivity contribution < 1.29 is 52.6 Å². The standard InChI is InChI=1S/C43H57ClN4O7.2CO2/c1-27(48(26-40(2,3)4)35(49)24-28-15-14-16-30(23-28)41(5,6)7)33-22-21-32(25-34(33)44)53-36(50)29-17-19-31(20-18-29)45-37(46-38(51)54-42(8,9)10)47-39(52)55-43(11,12)13;2*2-1-3/h14-23,25,27H,24,26H2,1-13H3,(H2,45,46,47,51,52);;. The summed E-state index contributed by atoms with van der Waals surface area (Å²) in [5.74, 6) is -0.666. The molecule has 0 spiro atoms. The van der Waals surface area contributed by atoms with E-state index in [1.165, 1.54) is 29.8 Å². The minimum absolute atomic E-state index is 0.0128. The van der Waals surface area contributed by atoms with Crippen LogP contribution in [0.1, 0.15) is 123 Å². The van der Waals surface area contributed by atoms with E-state index in [1.807, 2.05) is 24.0 Å². The number of guanidine groups is 1. The number of carbonyl (C=O) groups is 4. The molecular weight excluding hydrogens is 808 g/mol. The van der Waals surface area contributed by atoms with E-state index in [4.69, 9.17) is 45.0 Å². The maximum atomic E-state index is 13.9. The quantitative estimate of drug-likeness (QED) is 0.0947. The zero-order valence-corrected chi connectivity index (χ0v) is 37.9. The molecule has 3 rings (SSSR count). The summed E-state index contributed by atoms with van der Waals surface area (Å²) in [6, 6.07) is 18.8. The topological polar surface area (TPSA) is 204 Å². The van der Waals surface area contributed by atoms with Crippen LogP contribution >= 0.6 is 11.6 Å². The van der Waals surface area contributed by atoms with Gasteiger partial charge >= 0.3 is 30.5 Å². The van der Waals surface area contributed by atoms with Crippen LogP contribution in [0.3, 0.4) is 0 Å². The highest BCUT2D eigenvalue weighted by Crippen LogP contribution is 2.34. The van der Waals surface area contributed by atoms with E-state index < -0.39 is 29.4 Å². The van der Waals surface area contributed by atoms with E-state index in [0.29, 0.717) is 17.3 Å². The number of amides is 3. The number of ether oxygens (including phenoxy) is 3. The number of benzene rings is 3. The Kier molecular flexibility index (Phi) is 20.0. The Morgan fingerprint density at radius 3 is 1.69 bits per heavy atom. The van der Waals surface area contributed by atoms with Crippen molar-refractivity contribution >= 4 is 59.6 Å². The van der Waals surface area contributed by atoms with E-state index >= 15 is 0 Å². The van der Waals surface area contributed by atoms with Gasteiger partial charge in [-0.25, -0.2) is 19.4 Å². The molecular formula is C45H57ClN4O11. The molecule has 3 aromatic rings. The highest BCUT2D eigenvalue weighted by Gasteiger charge is 2.29. The lowest BCUT2D eigenvalue weighted by Crippen LogP contribution is -2.47. The summed E-state index contributed by atoms with van der Waals surface area (Å²) < 4.78 is 16.2. The molecule has 0 heterocycles. The molecule has 0 bridgehead atoms. The molecule has 3 amide bonds. The predicted octanol–water partition coefficient (Wildman–Crippen LogP) is 8.91. The number of hydrogen-bond acceptors (Lipinski definition) is 12. The minimum atomic E-state index is -0.836. The number of rotatable bonds is 8. The fourth-order valence-electron chi connectivity index (χ4n) is 5.31. The first-order valence-corrected chi connectivity index (χ1v) is 19.5. The number of halogens is 1. The van der Waals surface area contributed by atoms with E-state index in [9.17, 15) is 19.2 Å². The Morgan fingerprint density at radius 1 is 0.738 bits per heavy atom. The fraction of sp³-hybridized carbons (Fsp3) is 0.444. The summed E-state index contributed by atoms with van der Waals surface area (Å²) in [6.45, 7) is 25.4. The van der Waals surface area contributed by atoms with Gasteiger partial charge in [-0.3, -0.25) is 15.4 Å². The van der Waals surface area contributed by atoms with Crippen LogP contribution in [0.2, 0.25) is 5.02 Å². The molecule has 330 valence electrons. The number of hydrogen-bond donors (Lipinski definition) is 2. The van der Waals surface area contributed by atoms with Crippen molar-refractivity contribution in [3.63, 3.8) is 0 Å². The van der Waals surface area contributed by atoms with Crippen LogP contribution < -0.4 is 15.4 Å². The largest absolute Gasteiger partial charge is 0.444 e. The molecule has 61 heavy (non-hydrogen) atoms. The summed E-state index contributed by atoms with van der Waals surface area (Å²) in [5.41, 5.74) is 1.55. The van der Waals surface area contributed by atoms with Crippen LogP contribution in [0, 0.1) is 5.41 Å². The average Bonchev–Trinajstić information content (AvgIpc) is 3.09. The van der Waals surface area contributed by atoms with Gasteiger partial charge in [0.2, 0.25) is 11.9 Å². The number of nitrogens with zero attached hydrogens (tertiary/aromatic N) is 2. The van der Waals surface area contributed by atoms with Gasteiger partial charge in [-0.15, -0.1) is 0 Å². The van der Waals surface area contributed by atoms with Crippen molar-refractivity contribution in [3.8, 4) is 5.75 Å². The highest BCUT2D eigenvalue weighted by atomic mass is 35.5. The number of carbonyl (C=O) groups excluding carboxylic acids is 8. The van der Waals surface area contributed by atoms with Gasteiger partial charge in [0.15, 0.2) is 0 Å². The molecule has 0 saturated heterocycles. The Hall–Kier alpha value is -6.14.